The summed E-state index contributed by atoms with van der Waals surface area (Å²) in [7, 11) is 0. The van der Waals surface area contributed by atoms with Crippen molar-refractivity contribution in [2.45, 2.75) is 65.0 Å². The summed E-state index contributed by atoms with van der Waals surface area (Å²) < 4.78 is 5.63. The highest BCUT2D eigenvalue weighted by molar-refractivity contribution is 5.40. The Morgan fingerprint density at radius 1 is 1.29 bits per heavy atom. The Labute approximate surface area is 129 Å². The molecular formula is C19H29NO. The molecule has 0 amide bonds. The zero-order valence-electron chi connectivity index (χ0n) is 13.7. The largest absolute Gasteiger partial charge is 0.493 e. The summed E-state index contributed by atoms with van der Waals surface area (Å²) in [4.78, 5) is 0. The van der Waals surface area contributed by atoms with Gasteiger partial charge >= 0.3 is 0 Å². The van der Waals surface area contributed by atoms with Gasteiger partial charge in [0.05, 0.1) is 6.61 Å². The summed E-state index contributed by atoms with van der Waals surface area (Å²) in [5.41, 5.74) is 2.83. The van der Waals surface area contributed by atoms with E-state index < -0.39 is 0 Å². The number of nitrogens with one attached hydrogen (secondary N) is 1. The molecule has 1 aliphatic heterocycles. The topological polar surface area (TPSA) is 21.3 Å². The number of hydrogen-bond donors (Lipinski definition) is 1. The first-order valence-electron chi connectivity index (χ1n) is 8.74. The Bertz CT molecular complexity index is 484. The third kappa shape index (κ3) is 2.96. The Kier molecular flexibility index (Phi) is 4.54. The molecule has 1 saturated carbocycles. The van der Waals surface area contributed by atoms with E-state index in [0.29, 0.717) is 12.1 Å². The standard InChI is InChI=1S/C19H29NO/c1-4-14-6-8-18(13(14)3)20-17(5-2)15-7-9-19-16(12-15)10-11-21-19/h7,9,12-14,17-18,20H,4-6,8,10-11H2,1-3H3. The van der Waals surface area contributed by atoms with E-state index in [9.17, 15) is 0 Å². The van der Waals surface area contributed by atoms with Crippen LogP contribution in [0.25, 0.3) is 0 Å². The molecule has 1 heterocycles. The molecule has 2 aliphatic rings. The molecule has 0 saturated heterocycles. The average molecular weight is 287 g/mol. The zero-order chi connectivity index (χ0) is 14.8. The quantitative estimate of drug-likeness (QED) is 0.861. The van der Waals surface area contributed by atoms with Crippen molar-refractivity contribution in [3.8, 4) is 5.75 Å². The van der Waals surface area contributed by atoms with Gasteiger partial charge in [-0.05, 0) is 48.3 Å². The molecule has 2 nitrogen and oxygen atoms in total. The van der Waals surface area contributed by atoms with E-state index in [-0.39, 0.29) is 0 Å². The van der Waals surface area contributed by atoms with Gasteiger partial charge in [-0.2, -0.15) is 0 Å². The van der Waals surface area contributed by atoms with Crippen LogP contribution in [0, 0.1) is 11.8 Å². The van der Waals surface area contributed by atoms with Crippen LogP contribution in [0.1, 0.15) is 63.6 Å². The summed E-state index contributed by atoms with van der Waals surface area (Å²) in [5, 5.41) is 3.95. The second-order valence-electron chi connectivity index (χ2n) is 6.80. The molecule has 4 unspecified atom stereocenters. The highest BCUT2D eigenvalue weighted by Gasteiger charge is 2.32. The highest BCUT2D eigenvalue weighted by Crippen LogP contribution is 2.36. The van der Waals surface area contributed by atoms with E-state index in [1.807, 2.05) is 0 Å². The molecule has 0 aromatic heterocycles. The lowest BCUT2D eigenvalue weighted by atomic mass is 9.92. The fourth-order valence-electron chi connectivity index (χ4n) is 4.19. The lowest BCUT2D eigenvalue weighted by Gasteiger charge is -2.27. The normalized spacial score (nSPS) is 29.2. The van der Waals surface area contributed by atoms with Crippen molar-refractivity contribution in [3.05, 3.63) is 29.3 Å². The van der Waals surface area contributed by atoms with Crippen LogP contribution in [-0.2, 0) is 6.42 Å². The van der Waals surface area contributed by atoms with Gasteiger partial charge in [0.25, 0.3) is 0 Å². The van der Waals surface area contributed by atoms with Gasteiger partial charge < -0.3 is 10.1 Å². The van der Waals surface area contributed by atoms with Crippen LogP contribution in [0.3, 0.4) is 0 Å². The van der Waals surface area contributed by atoms with Crippen molar-refractivity contribution in [3.63, 3.8) is 0 Å². The molecule has 1 fully saturated rings. The van der Waals surface area contributed by atoms with Gasteiger partial charge in [-0.25, -0.2) is 0 Å². The summed E-state index contributed by atoms with van der Waals surface area (Å²) in [6.07, 6.45) is 6.28. The highest BCUT2D eigenvalue weighted by atomic mass is 16.5. The second kappa shape index (κ2) is 6.39. The average Bonchev–Trinajstić information content (AvgIpc) is 3.10. The molecule has 1 aliphatic carbocycles. The summed E-state index contributed by atoms with van der Waals surface area (Å²) in [6, 6.07) is 7.95. The Morgan fingerprint density at radius 3 is 2.86 bits per heavy atom. The number of rotatable bonds is 5. The third-order valence-electron chi connectivity index (χ3n) is 5.69. The minimum atomic E-state index is 0.485. The van der Waals surface area contributed by atoms with Gasteiger partial charge in [-0.15, -0.1) is 0 Å². The smallest absolute Gasteiger partial charge is 0.122 e. The van der Waals surface area contributed by atoms with Crippen molar-refractivity contribution in [1.29, 1.82) is 0 Å². The third-order valence-corrected chi connectivity index (χ3v) is 5.69. The van der Waals surface area contributed by atoms with Crippen LogP contribution in [0.5, 0.6) is 5.75 Å². The first kappa shape index (κ1) is 14.9. The minimum Gasteiger partial charge on any atom is -0.493 e. The number of benzene rings is 1. The van der Waals surface area contributed by atoms with Crippen molar-refractivity contribution in [2.75, 3.05) is 6.61 Å². The summed E-state index contributed by atoms with van der Waals surface area (Å²) in [5.74, 6) is 2.81. The predicted molar refractivity (Wildman–Crippen MR) is 87.8 cm³/mol. The zero-order valence-corrected chi connectivity index (χ0v) is 13.7. The molecule has 1 N–H and O–H groups in total. The molecule has 3 rings (SSSR count). The predicted octanol–water partition coefficient (Wildman–Crippen LogP) is 4.49. The summed E-state index contributed by atoms with van der Waals surface area (Å²) in [6.45, 7) is 7.91. The number of ether oxygens (including phenoxy) is 1. The molecular weight excluding hydrogens is 258 g/mol. The van der Waals surface area contributed by atoms with Crippen molar-refractivity contribution in [2.24, 2.45) is 11.8 Å². The van der Waals surface area contributed by atoms with Gasteiger partial charge in [-0.1, -0.05) is 39.3 Å². The molecule has 0 spiro atoms. The Balaban J connectivity index is 1.71. The Hall–Kier alpha value is -1.02. The SMILES string of the molecule is CCC(NC1CCC(CC)C1C)c1ccc2c(c1)CCO2. The molecule has 21 heavy (non-hydrogen) atoms. The molecule has 1 aromatic carbocycles. The van der Waals surface area contributed by atoms with Crippen LogP contribution in [-0.4, -0.2) is 12.6 Å². The maximum atomic E-state index is 5.63. The molecule has 0 radical (unpaired) electrons. The minimum absolute atomic E-state index is 0.485. The van der Waals surface area contributed by atoms with Gasteiger partial charge in [0.1, 0.15) is 5.75 Å². The van der Waals surface area contributed by atoms with E-state index >= 15 is 0 Å². The van der Waals surface area contributed by atoms with Gasteiger partial charge in [0.15, 0.2) is 0 Å². The Morgan fingerprint density at radius 2 is 2.14 bits per heavy atom. The first-order valence-corrected chi connectivity index (χ1v) is 8.74. The maximum Gasteiger partial charge on any atom is 0.122 e. The molecule has 116 valence electrons. The molecule has 1 aromatic rings. The fraction of sp³-hybridized carbons (Fsp3) is 0.684. The maximum absolute atomic E-state index is 5.63. The van der Waals surface area contributed by atoms with Crippen LogP contribution in [0.15, 0.2) is 18.2 Å². The molecule has 2 heteroatoms. The van der Waals surface area contributed by atoms with E-state index in [4.69, 9.17) is 4.74 Å². The van der Waals surface area contributed by atoms with Gasteiger partial charge in [0.2, 0.25) is 0 Å². The molecule has 4 atom stereocenters. The van der Waals surface area contributed by atoms with Gasteiger partial charge in [0, 0.05) is 18.5 Å². The van der Waals surface area contributed by atoms with Crippen LogP contribution >= 0.6 is 0 Å². The second-order valence-corrected chi connectivity index (χ2v) is 6.80. The number of hydrogen-bond acceptors (Lipinski definition) is 2. The van der Waals surface area contributed by atoms with E-state index in [0.717, 1.165) is 37.0 Å². The van der Waals surface area contributed by atoms with E-state index in [2.05, 4.69) is 44.3 Å². The lowest BCUT2D eigenvalue weighted by molar-refractivity contribution is 0.318. The summed E-state index contributed by atoms with van der Waals surface area (Å²) >= 11 is 0. The van der Waals surface area contributed by atoms with Crippen molar-refractivity contribution < 1.29 is 4.74 Å². The van der Waals surface area contributed by atoms with Crippen molar-refractivity contribution >= 4 is 0 Å². The number of fused-ring (bicyclic) bond motifs is 1. The van der Waals surface area contributed by atoms with Crippen LogP contribution in [0.2, 0.25) is 0 Å². The van der Waals surface area contributed by atoms with Gasteiger partial charge in [-0.3, -0.25) is 0 Å². The lowest BCUT2D eigenvalue weighted by Crippen LogP contribution is -2.35. The van der Waals surface area contributed by atoms with Crippen molar-refractivity contribution in [1.82, 2.24) is 5.32 Å². The fourth-order valence-corrected chi connectivity index (χ4v) is 4.19. The van der Waals surface area contributed by atoms with E-state index in [1.165, 1.54) is 30.4 Å². The van der Waals surface area contributed by atoms with Crippen LogP contribution in [0.4, 0.5) is 0 Å². The first-order chi connectivity index (χ1) is 10.2. The monoisotopic (exact) mass is 287 g/mol. The van der Waals surface area contributed by atoms with Crippen LogP contribution < -0.4 is 10.1 Å². The molecule has 0 bridgehead atoms. The van der Waals surface area contributed by atoms with E-state index in [1.54, 1.807) is 0 Å².